The average Bonchev–Trinajstić information content (AvgIpc) is 1.79. The lowest BCUT2D eigenvalue weighted by molar-refractivity contribution is -0.192. The van der Waals surface area contributed by atoms with E-state index in [0.29, 0.717) is 55.6 Å². The predicted molar refractivity (Wildman–Crippen MR) is 408 cm³/mol. The third-order valence-corrected chi connectivity index (χ3v) is 19.2. The Labute approximate surface area is 660 Å². The summed E-state index contributed by atoms with van der Waals surface area (Å²) in [6.07, 6.45) is 0.592. The van der Waals surface area contributed by atoms with Crippen LogP contribution in [0, 0.1) is 0 Å². The Hall–Kier alpha value is -11.4. The number of hydrogen-bond donors (Lipinski definition) is 18. The SMILES string of the molecule is CCCC[C@H](NC(=O)CN1CCC(NC(=O)CN2CCN(CC(=O)O)CCN(CC(=O)O)CCN(CC(=O)O)CC2)CC1)C(=O)N[C@H]1CC(=O)NCCCC[C@@H](C(N)=O)NC(=O)[C@H](Cc2c[nH]c3ccccc23)NC(=O)[C@H](CCCN=C(N)N)NC(=O)[C@@H](Cc2ccccc2)NC(=O)[C@H](Cc2cnc[nH]2)NC1=O.O=C(O)C(F)(F)F. The van der Waals surface area contributed by atoms with Crippen molar-refractivity contribution in [2.24, 2.45) is 22.2 Å². The number of carboxylic acid groups (broad SMARTS) is 4. The first-order chi connectivity index (χ1) is 54.7. The Bertz CT molecular complexity index is 3910. The van der Waals surface area contributed by atoms with Crippen molar-refractivity contribution in [3.05, 3.63) is 90.1 Å². The molecule has 0 saturated carbocycles. The molecule has 0 aliphatic carbocycles. The molecule has 2 aromatic carbocycles. The minimum atomic E-state index is -5.08. The zero-order valence-electron chi connectivity index (χ0n) is 64.0. The van der Waals surface area contributed by atoms with Crippen molar-refractivity contribution < 1.29 is 101 Å². The molecule has 3 fully saturated rings. The average molecular weight is 1620 g/mol. The van der Waals surface area contributed by atoms with Crippen molar-refractivity contribution in [3.8, 4) is 0 Å². The van der Waals surface area contributed by atoms with Gasteiger partial charge >= 0.3 is 30.1 Å². The zero-order valence-corrected chi connectivity index (χ0v) is 64.0. The molecule has 2 aromatic heterocycles. The Kier molecular flexibility index (Phi) is 38.1. The lowest BCUT2D eigenvalue weighted by Gasteiger charge is -2.34. The van der Waals surface area contributed by atoms with Crippen LogP contribution in [0.1, 0.15) is 94.4 Å². The van der Waals surface area contributed by atoms with Crippen molar-refractivity contribution in [2.45, 2.75) is 151 Å². The summed E-state index contributed by atoms with van der Waals surface area (Å²) in [5.74, 6) is -13.9. The highest BCUT2D eigenvalue weighted by molar-refractivity contribution is 5.99. The number of piperidine rings is 1. The molecular formula is C73H106F3N21O18. The van der Waals surface area contributed by atoms with Gasteiger partial charge in [0.15, 0.2) is 5.96 Å². The highest BCUT2D eigenvalue weighted by Gasteiger charge is 2.39. The van der Waals surface area contributed by atoms with Gasteiger partial charge in [-0.15, -0.1) is 0 Å². The van der Waals surface area contributed by atoms with E-state index in [1.54, 1.807) is 57.3 Å². The number of imidazole rings is 1. The van der Waals surface area contributed by atoms with E-state index < -0.39 is 132 Å². The summed E-state index contributed by atoms with van der Waals surface area (Å²) in [5, 5.41) is 61.8. The molecule has 5 heterocycles. The Morgan fingerprint density at radius 1 is 0.591 bits per heavy atom. The second-order valence-electron chi connectivity index (χ2n) is 28.3. The number of likely N-dealkylation sites (tertiary alicyclic amines) is 1. The number of primary amides is 1. The van der Waals surface area contributed by atoms with Crippen LogP contribution in [0.15, 0.2) is 78.3 Å². The minimum Gasteiger partial charge on any atom is -0.480 e. The second kappa shape index (κ2) is 47.3. The number of carbonyl (C=O) groups is 14. The van der Waals surface area contributed by atoms with Crippen molar-refractivity contribution in [1.82, 2.24) is 87.3 Å². The monoisotopic (exact) mass is 1620 g/mol. The fourth-order valence-corrected chi connectivity index (χ4v) is 13.1. The van der Waals surface area contributed by atoms with Crippen LogP contribution in [0.2, 0.25) is 0 Å². The molecule has 3 aliphatic heterocycles. The fraction of sp³-hybridized carbons (Fsp3) is 0.562. The van der Waals surface area contributed by atoms with Gasteiger partial charge < -0.3 is 95.4 Å². The number of H-pyrrole nitrogens is 2. The molecule has 115 heavy (non-hydrogen) atoms. The summed E-state index contributed by atoms with van der Waals surface area (Å²) >= 11 is 0. The van der Waals surface area contributed by atoms with Gasteiger partial charge in [-0.2, -0.15) is 13.2 Å². The zero-order chi connectivity index (χ0) is 84.2. The molecule has 0 spiro atoms. The van der Waals surface area contributed by atoms with E-state index in [9.17, 15) is 86.0 Å². The molecule has 21 N–H and O–H groups in total. The van der Waals surface area contributed by atoms with Gasteiger partial charge in [0.1, 0.15) is 42.3 Å². The number of rotatable bonds is 28. The van der Waals surface area contributed by atoms with Crippen LogP contribution < -0.4 is 65.1 Å². The van der Waals surface area contributed by atoms with Gasteiger partial charge in [0.05, 0.1) is 45.5 Å². The molecule has 632 valence electrons. The van der Waals surface area contributed by atoms with Gasteiger partial charge in [0, 0.05) is 133 Å². The molecule has 7 rings (SSSR count). The molecule has 7 atom stereocenters. The second-order valence-corrected chi connectivity index (χ2v) is 28.3. The smallest absolute Gasteiger partial charge is 0.480 e. The number of amides is 10. The standard InChI is InChI=1S/C71H105N21O16.C2HF3O2/c1-2-3-15-52(81-60(95)40-88-23-19-47(20-24-88)80-59(94)39-89-25-27-90(41-61(96)97)29-31-92(43-63(100)101)32-30-91(28-26-89)42-62(98)99)65(103)87-57-36-58(93)76-21-10-9-17-51(64(72)102)82-68(106)55(34-46-37-78-50-16-8-7-14-49(46)50)85-66(104)53(18-11-22-77-71(73)74)83-67(105)54(33-45-12-5-4-6-13-45)84-69(107)56(86-70(57)108)35-48-38-75-44-79-48;3-2(4,5)1(6)7/h4-8,12-14,16,37-38,44,47,51-57,78H,2-3,9-11,15,17-36,39-43H2,1H3,(H2,72,102)(H,75,79)(H,76,93)(H,80,94)(H,81,95)(H,82,106)(H,83,105)(H,84,107)(H,85,104)(H,86,108)(H,87,103)(H,96,97)(H,98,99)(H,100,101)(H4,73,74,77);(H,6,7)/t51-,52-,53-,54+,55-,56-,57-;/m0./s1. The topological polar surface area (TPSA) is 579 Å². The highest BCUT2D eigenvalue weighted by Crippen LogP contribution is 2.21. The normalized spacial score (nSPS) is 21.0. The van der Waals surface area contributed by atoms with Gasteiger partial charge in [0.2, 0.25) is 59.1 Å². The van der Waals surface area contributed by atoms with E-state index in [1.165, 1.54) is 12.5 Å². The first-order valence-corrected chi connectivity index (χ1v) is 37.9. The molecular weight excluding hydrogens is 1520 g/mol. The number of aromatic nitrogens is 3. The van der Waals surface area contributed by atoms with Crippen molar-refractivity contribution in [1.29, 1.82) is 0 Å². The van der Waals surface area contributed by atoms with Crippen molar-refractivity contribution in [3.63, 3.8) is 0 Å². The first kappa shape index (κ1) is 92.5. The number of aromatic amines is 2. The summed E-state index contributed by atoms with van der Waals surface area (Å²) in [5.41, 5.74) is 19.5. The van der Waals surface area contributed by atoms with Gasteiger partial charge in [-0.25, -0.2) is 9.78 Å². The van der Waals surface area contributed by atoms with Crippen LogP contribution >= 0.6 is 0 Å². The maximum absolute atomic E-state index is 15.0. The molecule has 10 amide bonds. The van der Waals surface area contributed by atoms with E-state index in [4.69, 9.17) is 27.1 Å². The predicted octanol–water partition coefficient (Wildman–Crippen LogP) is -3.58. The first-order valence-electron chi connectivity index (χ1n) is 37.9. The van der Waals surface area contributed by atoms with Gasteiger partial charge in [-0.1, -0.05) is 68.3 Å². The number of carboxylic acids is 4. The van der Waals surface area contributed by atoms with E-state index in [-0.39, 0.29) is 174 Å². The Balaban J connectivity index is 0.00000280. The van der Waals surface area contributed by atoms with Crippen LogP contribution in [0.4, 0.5) is 13.2 Å². The van der Waals surface area contributed by atoms with Gasteiger partial charge in [-0.3, -0.25) is 91.8 Å². The molecule has 0 unspecified atom stereocenters. The number of nitrogens with one attached hydrogen (secondary N) is 11. The van der Waals surface area contributed by atoms with Crippen molar-refractivity contribution >= 4 is 99.8 Å². The number of hydrogen-bond acceptors (Lipinski definition) is 21. The number of aliphatic carboxylic acids is 4. The third kappa shape index (κ3) is 34.1. The molecule has 3 saturated heterocycles. The molecule has 0 radical (unpaired) electrons. The number of fused-ring (bicyclic) bond motifs is 1. The quantitative estimate of drug-likeness (QED) is 0.0149. The summed E-state index contributed by atoms with van der Waals surface area (Å²) in [7, 11) is 0. The number of nitrogens with zero attached hydrogens (tertiary/aromatic N) is 7. The van der Waals surface area contributed by atoms with Crippen LogP contribution in [0.5, 0.6) is 0 Å². The lowest BCUT2D eigenvalue weighted by Crippen LogP contribution is -2.61. The number of guanidine groups is 1. The summed E-state index contributed by atoms with van der Waals surface area (Å²) in [6.45, 7) is 3.22. The van der Waals surface area contributed by atoms with E-state index in [0.717, 1.165) is 10.9 Å². The van der Waals surface area contributed by atoms with E-state index in [2.05, 4.69) is 67.8 Å². The Morgan fingerprint density at radius 2 is 1.10 bits per heavy atom. The fourth-order valence-electron chi connectivity index (χ4n) is 13.1. The number of nitrogens with two attached hydrogens (primary N) is 3. The van der Waals surface area contributed by atoms with Crippen molar-refractivity contribution in [2.75, 3.05) is 111 Å². The van der Waals surface area contributed by atoms with Crippen LogP contribution in [0.3, 0.4) is 0 Å². The van der Waals surface area contributed by atoms with Gasteiger partial charge in [-0.05, 0) is 68.6 Å². The number of unbranched alkanes of at least 4 members (excludes halogenated alkanes) is 1. The number of benzene rings is 2. The molecule has 3 aliphatic rings. The maximum Gasteiger partial charge on any atom is 0.490 e. The highest BCUT2D eigenvalue weighted by atomic mass is 19.4. The van der Waals surface area contributed by atoms with E-state index in [1.807, 2.05) is 34.9 Å². The summed E-state index contributed by atoms with van der Waals surface area (Å²) in [6, 6.07) is 5.58. The third-order valence-electron chi connectivity index (χ3n) is 19.2. The largest absolute Gasteiger partial charge is 0.490 e. The number of carbonyl (C=O) groups excluding carboxylic acids is 10. The van der Waals surface area contributed by atoms with E-state index >= 15 is 4.79 Å². The molecule has 39 nitrogen and oxygen atoms in total. The molecule has 42 heteroatoms. The van der Waals surface area contributed by atoms with Crippen LogP contribution in [-0.2, 0) is 86.4 Å². The van der Waals surface area contributed by atoms with Gasteiger partial charge in [0.25, 0.3) is 0 Å². The lowest BCUT2D eigenvalue weighted by atomic mass is 10.0. The number of alkyl halides is 3. The molecule has 0 bridgehead atoms. The number of halogens is 3. The van der Waals surface area contributed by atoms with Crippen LogP contribution in [-0.4, -0.2) is 315 Å². The molecule has 4 aromatic rings. The Morgan fingerprint density at radius 3 is 1.65 bits per heavy atom. The number of para-hydroxylation sites is 1. The van der Waals surface area contributed by atoms with Crippen LogP contribution in [0.25, 0.3) is 10.9 Å². The maximum atomic E-state index is 15.0. The summed E-state index contributed by atoms with van der Waals surface area (Å²) in [4.78, 5) is 211. The number of aliphatic imine (C=N–C) groups is 1. The summed E-state index contributed by atoms with van der Waals surface area (Å²) < 4.78 is 31.7. The minimum absolute atomic E-state index is 0.0139.